The maximum Gasteiger partial charge on any atom is 0.336 e. The molecule has 0 aliphatic heterocycles. The SMILES string of the molecule is O=C(O)c1cc(-c2nccs2)nc2c(Cl)cc(Cl)cc12. The Labute approximate surface area is 127 Å². The van der Waals surface area contributed by atoms with Crippen LogP contribution in [0.2, 0.25) is 10.0 Å². The minimum absolute atomic E-state index is 0.101. The standard InChI is InChI=1S/C13H6Cl2N2O2S/c14-6-3-7-8(13(18)19)5-10(12-16-1-2-20-12)17-11(7)9(15)4-6/h1-5H,(H,18,19). The van der Waals surface area contributed by atoms with Gasteiger partial charge in [0.15, 0.2) is 0 Å². The maximum atomic E-state index is 11.4. The molecule has 0 unspecified atom stereocenters. The van der Waals surface area contributed by atoms with Gasteiger partial charge in [0.2, 0.25) is 0 Å². The lowest BCUT2D eigenvalue weighted by molar-refractivity contribution is 0.0699. The van der Waals surface area contributed by atoms with Crippen LogP contribution < -0.4 is 0 Å². The van der Waals surface area contributed by atoms with Gasteiger partial charge >= 0.3 is 5.97 Å². The Bertz CT molecular complexity index is 819. The molecule has 0 spiro atoms. The summed E-state index contributed by atoms with van der Waals surface area (Å²) in [4.78, 5) is 20.0. The normalized spacial score (nSPS) is 10.9. The molecule has 0 aliphatic rings. The van der Waals surface area contributed by atoms with Gasteiger partial charge in [-0.2, -0.15) is 0 Å². The maximum absolute atomic E-state index is 11.4. The molecule has 1 aromatic carbocycles. The van der Waals surface area contributed by atoms with E-state index in [1.54, 1.807) is 17.6 Å². The number of aromatic carboxylic acids is 1. The number of carboxylic acid groups (broad SMARTS) is 1. The quantitative estimate of drug-likeness (QED) is 0.760. The molecule has 20 heavy (non-hydrogen) atoms. The molecule has 3 aromatic rings. The number of benzene rings is 1. The van der Waals surface area contributed by atoms with Crippen molar-refractivity contribution in [3.05, 3.63) is 45.4 Å². The molecule has 0 aliphatic carbocycles. The lowest BCUT2D eigenvalue weighted by Crippen LogP contribution is -2.00. The largest absolute Gasteiger partial charge is 0.478 e. The lowest BCUT2D eigenvalue weighted by atomic mass is 10.1. The number of halogens is 2. The minimum atomic E-state index is -1.06. The molecule has 3 rings (SSSR count). The van der Waals surface area contributed by atoms with Gasteiger partial charge in [-0.25, -0.2) is 14.8 Å². The highest BCUT2D eigenvalue weighted by molar-refractivity contribution is 7.13. The van der Waals surface area contributed by atoms with Gasteiger partial charge in [0.25, 0.3) is 0 Å². The van der Waals surface area contributed by atoms with Crippen LogP contribution in [0.15, 0.2) is 29.8 Å². The number of fused-ring (bicyclic) bond motifs is 1. The first-order chi connectivity index (χ1) is 9.56. The fraction of sp³-hybridized carbons (Fsp3) is 0. The lowest BCUT2D eigenvalue weighted by Gasteiger charge is -2.07. The van der Waals surface area contributed by atoms with Crippen molar-refractivity contribution in [2.24, 2.45) is 0 Å². The van der Waals surface area contributed by atoms with Crippen LogP contribution >= 0.6 is 34.5 Å². The van der Waals surface area contributed by atoms with Crippen molar-refractivity contribution in [1.29, 1.82) is 0 Å². The molecule has 0 bridgehead atoms. The Balaban J connectivity index is 2.40. The summed E-state index contributed by atoms with van der Waals surface area (Å²) in [6, 6.07) is 4.57. The Hall–Kier alpha value is -1.69. The van der Waals surface area contributed by atoms with E-state index in [4.69, 9.17) is 23.2 Å². The number of thiazole rings is 1. The van der Waals surface area contributed by atoms with Crippen molar-refractivity contribution in [3.8, 4) is 10.7 Å². The summed E-state index contributed by atoms with van der Waals surface area (Å²) in [5.74, 6) is -1.06. The van der Waals surface area contributed by atoms with Gasteiger partial charge in [-0.15, -0.1) is 11.3 Å². The highest BCUT2D eigenvalue weighted by atomic mass is 35.5. The zero-order chi connectivity index (χ0) is 14.3. The predicted molar refractivity (Wildman–Crippen MR) is 79.8 cm³/mol. The molecule has 4 nitrogen and oxygen atoms in total. The van der Waals surface area contributed by atoms with Gasteiger partial charge in [-0.05, 0) is 18.2 Å². The van der Waals surface area contributed by atoms with E-state index < -0.39 is 5.97 Å². The Kier molecular flexibility index (Phi) is 3.33. The summed E-state index contributed by atoms with van der Waals surface area (Å²) >= 11 is 13.4. The van der Waals surface area contributed by atoms with Crippen molar-refractivity contribution < 1.29 is 9.90 Å². The molecule has 2 heterocycles. The van der Waals surface area contributed by atoms with Crippen LogP contribution in [0.5, 0.6) is 0 Å². The van der Waals surface area contributed by atoms with Crippen LogP contribution in [-0.4, -0.2) is 21.0 Å². The number of hydrogen-bond acceptors (Lipinski definition) is 4. The molecule has 0 saturated carbocycles. The molecule has 0 amide bonds. The van der Waals surface area contributed by atoms with E-state index in [1.165, 1.54) is 23.5 Å². The Morgan fingerprint density at radius 2 is 2.05 bits per heavy atom. The smallest absolute Gasteiger partial charge is 0.336 e. The van der Waals surface area contributed by atoms with E-state index in [0.717, 1.165) is 0 Å². The van der Waals surface area contributed by atoms with Gasteiger partial charge in [-0.1, -0.05) is 23.2 Å². The van der Waals surface area contributed by atoms with E-state index in [0.29, 0.717) is 31.6 Å². The first-order valence-corrected chi connectivity index (χ1v) is 7.13. The number of pyridine rings is 1. The summed E-state index contributed by atoms with van der Waals surface area (Å²) in [6.45, 7) is 0. The number of carbonyl (C=O) groups is 1. The first-order valence-electron chi connectivity index (χ1n) is 5.49. The van der Waals surface area contributed by atoms with Crippen molar-refractivity contribution >= 4 is 51.4 Å². The van der Waals surface area contributed by atoms with Crippen LogP contribution in [-0.2, 0) is 0 Å². The summed E-state index contributed by atoms with van der Waals surface area (Å²) in [6.07, 6.45) is 1.63. The average molecular weight is 325 g/mol. The van der Waals surface area contributed by atoms with E-state index in [9.17, 15) is 9.90 Å². The van der Waals surface area contributed by atoms with Crippen LogP contribution in [0.25, 0.3) is 21.6 Å². The summed E-state index contributed by atoms with van der Waals surface area (Å²) < 4.78 is 0. The van der Waals surface area contributed by atoms with Gasteiger partial charge < -0.3 is 5.11 Å². The van der Waals surface area contributed by atoms with Crippen LogP contribution in [0.4, 0.5) is 0 Å². The molecule has 2 aromatic heterocycles. The van der Waals surface area contributed by atoms with E-state index in [1.807, 2.05) is 0 Å². The first kappa shape index (κ1) is 13.3. The molecule has 0 radical (unpaired) electrons. The molecule has 1 N–H and O–H groups in total. The predicted octanol–water partition coefficient (Wildman–Crippen LogP) is 4.36. The van der Waals surface area contributed by atoms with Gasteiger partial charge in [0.05, 0.1) is 16.1 Å². The summed E-state index contributed by atoms with van der Waals surface area (Å²) in [5.41, 5.74) is 0.986. The molecule has 100 valence electrons. The van der Waals surface area contributed by atoms with Crippen molar-refractivity contribution in [2.75, 3.05) is 0 Å². The number of hydrogen-bond donors (Lipinski definition) is 1. The van der Waals surface area contributed by atoms with Crippen LogP contribution in [0, 0.1) is 0 Å². The van der Waals surface area contributed by atoms with Crippen molar-refractivity contribution in [1.82, 2.24) is 9.97 Å². The highest BCUT2D eigenvalue weighted by Crippen LogP contribution is 2.32. The van der Waals surface area contributed by atoms with Gasteiger partial charge in [0.1, 0.15) is 10.7 Å². The third-order valence-electron chi connectivity index (χ3n) is 2.71. The summed E-state index contributed by atoms with van der Waals surface area (Å²) in [5, 5.41) is 12.9. The summed E-state index contributed by atoms with van der Waals surface area (Å²) in [7, 11) is 0. The number of rotatable bonds is 2. The number of aromatic nitrogens is 2. The minimum Gasteiger partial charge on any atom is -0.478 e. The molecule has 0 atom stereocenters. The fourth-order valence-corrected chi connectivity index (χ4v) is 3.02. The van der Waals surface area contributed by atoms with Crippen LogP contribution in [0.1, 0.15) is 10.4 Å². The average Bonchev–Trinajstić information content (AvgIpc) is 2.91. The second-order valence-electron chi connectivity index (χ2n) is 3.98. The van der Waals surface area contributed by atoms with Crippen molar-refractivity contribution in [3.63, 3.8) is 0 Å². The Morgan fingerprint density at radius 1 is 1.25 bits per heavy atom. The van der Waals surface area contributed by atoms with E-state index in [-0.39, 0.29) is 5.56 Å². The molecule has 0 fully saturated rings. The second-order valence-corrected chi connectivity index (χ2v) is 5.72. The van der Waals surface area contributed by atoms with Crippen molar-refractivity contribution in [2.45, 2.75) is 0 Å². The molecular weight excluding hydrogens is 319 g/mol. The van der Waals surface area contributed by atoms with Crippen LogP contribution in [0.3, 0.4) is 0 Å². The van der Waals surface area contributed by atoms with Gasteiger partial charge in [0, 0.05) is 22.0 Å². The fourth-order valence-electron chi connectivity index (χ4n) is 1.89. The number of carboxylic acids is 1. The second kappa shape index (κ2) is 5.01. The third kappa shape index (κ3) is 2.24. The monoisotopic (exact) mass is 324 g/mol. The highest BCUT2D eigenvalue weighted by Gasteiger charge is 2.16. The molecular formula is C13H6Cl2N2O2S. The van der Waals surface area contributed by atoms with E-state index >= 15 is 0 Å². The molecule has 7 heteroatoms. The topological polar surface area (TPSA) is 63.1 Å². The zero-order valence-electron chi connectivity index (χ0n) is 9.80. The number of nitrogens with zero attached hydrogens (tertiary/aromatic N) is 2. The van der Waals surface area contributed by atoms with E-state index in [2.05, 4.69) is 9.97 Å². The Morgan fingerprint density at radius 3 is 2.70 bits per heavy atom. The third-order valence-corrected chi connectivity index (χ3v) is 4.02. The molecule has 0 saturated heterocycles. The van der Waals surface area contributed by atoms with Gasteiger partial charge in [-0.3, -0.25) is 0 Å². The zero-order valence-corrected chi connectivity index (χ0v) is 12.1.